The minimum Gasteiger partial charge on any atom is -0.0622 e. The van der Waals surface area contributed by atoms with Crippen LogP contribution in [0.2, 0.25) is 0 Å². The van der Waals surface area contributed by atoms with Crippen molar-refractivity contribution in [2.45, 2.75) is 0 Å². The van der Waals surface area contributed by atoms with E-state index in [0.29, 0.717) is 0 Å². The van der Waals surface area contributed by atoms with Crippen LogP contribution in [-0.2, 0) is 0 Å². The molecule has 0 aliphatic carbocycles. The maximum atomic E-state index is 6.62. The average molecular weight is 127 g/mol. The normalized spacial score (nSPS) is 9.50. The van der Waals surface area contributed by atoms with Crippen LogP contribution in [0.3, 0.4) is 0 Å². The number of benzene rings is 1. The summed E-state index contributed by atoms with van der Waals surface area (Å²) >= 11 is 0. The molecule has 1 rings (SSSR count). The van der Waals surface area contributed by atoms with E-state index in [1.807, 2.05) is 36.4 Å². The van der Waals surface area contributed by atoms with Gasteiger partial charge in [0.15, 0.2) is 0 Å². The number of rotatable bonds is 1. The molecule has 0 nitrogen and oxygen atoms in total. The highest BCUT2D eigenvalue weighted by Crippen LogP contribution is 1.99. The van der Waals surface area contributed by atoms with Crippen LogP contribution in [0.5, 0.6) is 0 Å². The molecule has 0 fully saturated rings. The van der Waals surface area contributed by atoms with E-state index in [0.717, 1.165) is 5.56 Å². The Morgan fingerprint density at radius 3 is 2.50 bits per heavy atom. The highest BCUT2D eigenvalue weighted by molar-refractivity contribution is 5.51. The van der Waals surface area contributed by atoms with Gasteiger partial charge in [0.05, 0.1) is 0 Å². The number of allylic oxidation sites excluding steroid dienone is 1. The smallest absolute Gasteiger partial charge is 0.0102 e. The average Bonchev–Trinajstić information content (AvgIpc) is 2.03. The summed E-state index contributed by atoms with van der Waals surface area (Å²) < 4.78 is 0. The molecule has 0 heteroatoms. The molecule has 0 heterocycles. The summed E-state index contributed by atoms with van der Waals surface area (Å²) in [4.78, 5) is 0. The predicted octanol–water partition coefficient (Wildman–Crippen LogP) is 2.29. The highest BCUT2D eigenvalue weighted by Gasteiger charge is 1.78. The second-order valence-electron chi connectivity index (χ2n) is 1.89. The van der Waals surface area contributed by atoms with Crippen LogP contribution >= 0.6 is 0 Å². The largest absolute Gasteiger partial charge is 0.0622 e. The fourth-order valence-electron chi connectivity index (χ4n) is 0.702. The Morgan fingerprint density at radius 1 is 1.20 bits per heavy atom. The van der Waals surface area contributed by atoms with Gasteiger partial charge in [-0.15, -0.1) is 0 Å². The van der Waals surface area contributed by atoms with Crippen LogP contribution in [-0.4, -0.2) is 0 Å². The lowest BCUT2D eigenvalue weighted by Gasteiger charge is -1.86. The van der Waals surface area contributed by atoms with Gasteiger partial charge < -0.3 is 0 Å². The Morgan fingerprint density at radius 2 is 1.90 bits per heavy atom. The van der Waals surface area contributed by atoms with Crippen LogP contribution in [0.4, 0.5) is 0 Å². The summed E-state index contributed by atoms with van der Waals surface area (Å²) in [5, 5.41) is 0. The SMILES string of the molecule is [C]#CC=Cc1ccccc1. The molecule has 0 spiro atoms. The van der Waals surface area contributed by atoms with Crippen molar-refractivity contribution < 1.29 is 0 Å². The van der Waals surface area contributed by atoms with Crippen LogP contribution < -0.4 is 0 Å². The zero-order chi connectivity index (χ0) is 7.23. The van der Waals surface area contributed by atoms with Gasteiger partial charge in [-0.05, 0) is 24.1 Å². The van der Waals surface area contributed by atoms with Crippen molar-refractivity contribution in [2.75, 3.05) is 0 Å². The van der Waals surface area contributed by atoms with Gasteiger partial charge >= 0.3 is 0 Å². The third-order valence-corrected chi connectivity index (χ3v) is 1.16. The molecular formula is C10H7. The molecule has 10 heavy (non-hydrogen) atoms. The summed E-state index contributed by atoms with van der Waals surface area (Å²) in [6.07, 6.45) is 10.0. The minimum absolute atomic E-state index is 1.10. The molecule has 0 bridgehead atoms. The molecule has 0 atom stereocenters. The third-order valence-electron chi connectivity index (χ3n) is 1.16. The Bertz CT molecular complexity index is 249. The van der Waals surface area contributed by atoms with Gasteiger partial charge in [0.1, 0.15) is 0 Å². The zero-order valence-electron chi connectivity index (χ0n) is 5.54. The number of hydrogen-bond donors (Lipinski definition) is 0. The van der Waals surface area contributed by atoms with Crippen molar-refractivity contribution in [2.24, 2.45) is 0 Å². The first-order chi connectivity index (χ1) is 4.93. The minimum atomic E-state index is 1.10. The lowest BCUT2D eigenvalue weighted by atomic mass is 10.2. The maximum Gasteiger partial charge on any atom is -0.0102 e. The van der Waals surface area contributed by atoms with Gasteiger partial charge in [-0.25, -0.2) is 0 Å². The second-order valence-corrected chi connectivity index (χ2v) is 1.89. The van der Waals surface area contributed by atoms with Crippen LogP contribution in [0.15, 0.2) is 36.4 Å². The Hall–Kier alpha value is -1.48. The van der Waals surface area contributed by atoms with Gasteiger partial charge in [-0.1, -0.05) is 36.3 Å². The second kappa shape index (κ2) is 3.53. The molecule has 0 aliphatic rings. The molecule has 47 valence electrons. The van der Waals surface area contributed by atoms with Crippen LogP contribution in [0.1, 0.15) is 5.56 Å². The Kier molecular flexibility index (Phi) is 2.34. The molecule has 1 radical (unpaired) electrons. The van der Waals surface area contributed by atoms with Crippen molar-refractivity contribution in [3.05, 3.63) is 48.4 Å². The van der Waals surface area contributed by atoms with Crippen molar-refractivity contribution in [3.8, 4) is 5.92 Å². The molecule has 0 saturated carbocycles. The van der Waals surface area contributed by atoms with Gasteiger partial charge in [0.2, 0.25) is 0 Å². The first-order valence-electron chi connectivity index (χ1n) is 3.07. The van der Waals surface area contributed by atoms with E-state index in [-0.39, 0.29) is 0 Å². The van der Waals surface area contributed by atoms with E-state index in [2.05, 4.69) is 5.92 Å². The van der Waals surface area contributed by atoms with Crippen molar-refractivity contribution in [1.29, 1.82) is 0 Å². The number of hydrogen-bond acceptors (Lipinski definition) is 0. The monoisotopic (exact) mass is 127 g/mol. The standard InChI is InChI=1S/C10H7/c1-2-3-7-10-8-5-4-6-9-10/h3-9H. The van der Waals surface area contributed by atoms with Gasteiger partial charge in [-0.3, -0.25) is 0 Å². The maximum absolute atomic E-state index is 6.62. The van der Waals surface area contributed by atoms with E-state index in [1.165, 1.54) is 0 Å². The molecular weight excluding hydrogens is 120 g/mol. The molecule has 0 aromatic heterocycles. The van der Waals surface area contributed by atoms with Crippen molar-refractivity contribution >= 4 is 6.08 Å². The van der Waals surface area contributed by atoms with E-state index >= 15 is 0 Å². The fraction of sp³-hybridized carbons (Fsp3) is 0. The van der Waals surface area contributed by atoms with Crippen LogP contribution in [0, 0.1) is 12.3 Å². The summed E-state index contributed by atoms with van der Waals surface area (Å²) in [7, 11) is 0. The van der Waals surface area contributed by atoms with E-state index in [9.17, 15) is 0 Å². The quantitative estimate of drug-likeness (QED) is 0.508. The van der Waals surface area contributed by atoms with E-state index in [1.54, 1.807) is 6.08 Å². The molecule has 0 unspecified atom stereocenters. The predicted molar refractivity (Wildman–Crippen MR) is 42.6 cm³/mol. The fourth-order valence-corrected chi connectivity index (χ4v) is 0.702. The first-order valence-corrected chi connectivity index (χ1v) is 3.07. The van der Waals surface area contributed by atoms with E-state index in [4.69, 9.17) is 6.42 Å². The Labute approximate surface area is 61.2 Å². The third kappa shape index (κ3) is 1.80. The van der Waals surface area contributed by atoms with Crippen molar-refractivity contribution in [1.82, 2.24) is 0 Å². The molecule has 0 amide bonds. The van der Waals surface area contributed by atoms with E-state index < -0.39 is 0 Å². The zero-order valence-corrected chi connectivity index (χ0v) is 5.54. The van der Waals surface area contributed by atoms with Crippen molar-refractivity contribution in [3.63, 3.8) is 0 Å². The molecule has 0 N–H and O–H groups in total. The summed E-state index contributed by atoms with van der Waals surface area (Å²) in [5.41, 5.74) is 1.10. The summed E-state index contributed by atoms with van der Waals surface area (Å²) in [5.74, 6) is 2.19. The van der Waals surface area contributed by atoms with Gasteiger partial charge in [0, 0.05) is 0 Å². The summed E-state index contributed by atoms with van der Waals surface area (Å²) in [6.45, 7) is 0. The van der Waals surface area contributed by atoms with Gasteiger partial charge in [-0.2, -0.15) is 0 Å². The molecule has 0 saturated heterocycles. The first kappa shape index (κ1) is 6.64. The van der Waals surface area contributed by atoms with Crippen LogP contribution in [0.25, 0.3) is 6.08 Å². The lowest BCUT2D eigenvalue weighted by molar-refractivity contribution is 1.66. The topological polar surface area (TPSA) is 0 Å². The molecule has 1 aromatic rings. The highest BCUT2D eigenvalue weighted by atomic mass is 13.8. The lowest BCUT2D eigenvalue weighted by Crippen LogP contribution is -1.65. The Balaban J connectivity index is 2.79. The molecule has 1 aromatic carbocycles. The molecule has 0 aliphatic heterocycles. The summed E-state index contributed by atoms with van der Waals surface area (Å²) in [6, 6.07) is 9.85. The van der Waals surface area contributed by atoms with Gasteiger partial charge in [0.25, 0.3) is 0 Å².